The van der Waals surface area contributed by atoms with Crippen LogP contribution in [-0.2, 0) is 13.6 Å². The zero-order chi connectivity index (χ0) is 18.3. The third-order valence-corrected chi connectivity index (χ3v) is 4.76. The molecule has 130 valence electrons. The summed E-state index contributed by atoms with van der Waals surface area (Å²) in [5.74, 6) is -0.236. The molecule has 2 aromatic carbocycles. The van der Waals surface area contributed by atoms with Crippen LogP contribution < -0.4 is 10.9 Å². The highest BCUT2D eigenvalue weighted by Gasteiger charge is 2.13. The fourth-order valence-corrected chi connectivity index (χ4v) is 3.17. The molecule has 0 atom stereocenters. The van der Waals surface area contributed by atoms with E-state index in [9.17, 15) is 9.59 Å². The molecule has 0 aliphatic rings. The lowest BCUT2D eigenvalue weighted by atomic mass is 10.1. The van der Waals surface area contributed by atoms with Crippen LogP contribution in [0.15, 0.2) is 59.5 Å². The molecule has 1 N–H and O–H groups in total. The van der Waals surface area contributed by atoms with Gasteiger partial charge in [0.25, 0.3) is 11.5 Å². The zero-order valence-corrected chi connectivity index (χ0v) is 14.7. The summed E-state index contributed by atoms with van der Waals surface area (Å²) in [6.45, 7) is 0.327. The normalized spacial score (nSPS) is 11.2. The Morgan fingerprint density at radius 3 is 2.73 bits per heavy atom. The average Bonchev–Trinajstić information content (AvgIpc) is 3.15. The lowest BCUT2D eigenvalue weighted by molar-refractivity contribution is 0.0951. The quantitative estimate of drug-likeness (QED) is 0.606. The first kappa shape index (κ1) is 16.4. The molecule has 2 aromatic heterocycles. The molecule has 2 heterocycles. The topological polar surface area (TPSA) is 68.4 Å². The van der Waals surface area contributed by atoms with Gasteiger partial charge in [-0.1, -0.05) is 29.8 Å². The number of amides is 1. The van der Waals surface area contributed by atoms with Crippen molar-refractivity contribution in [1.82, 2.24) is 19.5 Å². The summed E-state index contributed by atoms with van der Waals surface area (Å²) in [5.41, 5.74) is 3.03. The number of nitrogens with one attached hydrogen (secondary N) is 1. The van der Waals surface area contributed by atoms with Crippen molar-refractivity contribution >= 4 is 34.1 Å². The maximum atomic E-state index is 12.5. The number of nitrogens with zero attached hydrogens (tertiary/aromatic N) is 3. The predicted molar refractivity (Wildman–Crippen MR) is 101 cm³/mol. The number of rotatable bonds is 3. The summed E-state index contributed by atoms with van der Waals surface area (Å²) in [5, 5.41) is 7.66. The zero-order valence-electron chi connectivity index (χ0n) is 13.9. The van der Waals surface area contributed by atoms with Crippen LogP contribution in [-0.4, -0.2) is 20.1 Å². The van der Waals surface area contributed by atoms with Crippen LogP contribution >= 0.6 is 11.6 Å². The van der Waals surface area contributed by atoms with E-state index in [1.807, 2.05) is 18.2 Å². The molecule has 6 nitrogen and oxygen atoms in total. The van der Waals surface area contributed by atoms with Crippen molar-refractivity contribution in [3.63, 3.8) is 0 Å². The van der Waals surface area contributed by atoms with Gasteiger partial charge in [-0.05, 0) is 35.9 Å². The van der Waals surface area contributed by atoms with E-state index in [2.05, 4.69) is 10.4 Å². The second-order valence-corrected chi connectivity index (χ2v) is 6.38. The lowest BCUT2D eigenvalue weighted by Crippen LogP contribution is -2.24. The van der Waals surface area contributed by atoms with Crippen molar-refractivity contribution < 1.29 is 4.79 Å². The van der Waals surface area contributed by atoms with E-state index in [1.54, 1.807) is 48.1 Å². The average molecular weight is 367 g/mol. The maximum Gasteiger partial charge on any atom is 0.276 e. The summed E-state index contributed by atoms with van der Waals surface area (Å²) in [4.78, 5) is 24.9. The van der Waals surface area contributed by atoms with Crippen molar-refractivity contribution in [1.29, 1.82) is 0 Å². The van der Waals surface area contributed by atoms with Crippen LogP contribution in [0.25, 0.3) is 16.6 Å². The number of benzene rings is 2. The van der Waals surface area contributed by atoms with Crippen LogP contribution in [0.5, 0.6) is 0 Å². The SMILES string of the molecule is Cn1c(=O)c2ccnn2c2ccc(C(=O)NCc3ccccc3Cl)cc21. The first-order valence-corrected chi connectivity index (χ1v) is 8.42. The highest BCUT2D eigenvalue weighted by Crippen LogP contribution is 2.17. The van der Waals surface area contributed by atoms with E-state index in [-0.39, 0.29) is 11.5 Å². The van der Waals surface area contributed by atoms with Gasteiger partial charge in [-0.15, -0.1) is 0 Å². The standard InChI is InChI=1S/C19H15ClN4O2/c1-23-17-10-12(18(25)21-11-13-4-2-3-5-14(13)20)6-7-15(17)24-16(19(23)26)8-9-22-24/h2-10H,11H2,1H3,(H,21,25). The molecular weight excluding hydrogens is 352 g/mol. The Kier molecular flexibility index (Phi) is 3.97. The van der Waals surface area contributed by atoms with E-state index < -0.39 is 0 Å². The molecule has 0 aliphatic heterocycles. The Balaban J connectivity index is 1.70. The van der Waals surface area contributed by atoms with Gasteiger partial charge in [0.15, 0.2) is 0 Å². The monoisotopic (exact) mass is 366 g/mol. The fourth-order valence-electron chi connectivity index (χ4n) is 2.97. The van der Waals surface area contributed by atoms with Gasteiger partial charge in [-0.2, -0.15) is 5.10 Å². The Morgan fingerprint density at radius 2 is 1.92 bits per heavy atom. The highest BCUT2D eigenvalue weighted by molar-refractivity contribution is 6.31. The minimum Gasteiger partial charge on any atom is -0.348 e. The minimum atomic E-state index is -0.236. The molecular formula is C19H15ClN4O2. The molecule has 0 fully saturated rings. The number of hydrogen-bond acceptors (Lipinski definition) is 3. The minimum absolute atomic E-state index is 0.163. The number of fused-ring (bicyclic) bond motifs is 3. The van der Waals surface area contributed by atoms with Gasteiger partial charge in [0.2, 0.25) is 0 Å². The van der Waals surface area contributed by atoms with Gasteiger partial charge in [0.1, 0.15) is 5.52 Å². The van der Waals surface area contributed by atoms with E-state index in [0.717, 1.165) is 11.1 Å². The summed E-state index contributed by atoms with van der Waals surface area (Å²) in [6.07, 6.45) is 1.58. The lowest BCUT2D eigenvalue weighted by Gasteiger charge is -2.10. The van der Waals surface area contributed by atoms with Crippen molar-refractivity contribution in [2.75, 3.05) is 0 Å². The summed E-state index contributed by atoms with van der Waals surface area (Å²) >= 11 is 6.12. The van der Waals surface area contributed by atoms with Gasteiger partial charge >= 0.3 is 0 Å². The molecule has 0 unspecified atom stereocenters. The van der Waals surface area contributed by atoms with Crippen LogP contribution in [0.2, 0.25) is 5.02 Å². The van der Waals surface area contributed by atoms with Gasteiger partial charge in [-0.25, -0.2) is 4.52 Å². The van der Waals surface area contributed by atoms with E-state index in [1.165, 1.54) is 4.57 Å². The Bertz CT molecular complexity index is 1210. The second-order valence-electron chi connectivity index (χ2n) is 5.97. The first-order chi connectivity index (χ1) is 12.6. The number of halogens is 1. The molecule has 0 spiro atoms. The molecule has 0 saturated carbocycles. The number of hydrogen-bond donors (Lipinski definition) is 1. The Morgan fingerprint density at radius 1 is 1.12 bits per heavy atom. The molecule has 0 saturated heterocycles. The molecule has 26 heavy (non-hydrogen) atoms. The van der Waals surface area contributed by atoms with Gasteiger partial charge in [0.05, 0.1) is 17.2 Å². The maximum absolute atomic E-state index is 12.5. The molecule has 4 rings (SSSR count). The van der Waals surface area contributed by atoms with Crippen LogP contribution in [0.1, 0.15) is 15.9 Å². The Hall–Kier alpha value is -3.12. The van der Waals surface area contributed by atoms with Crippen molar-refractivity contribution in [3.05, 3.63) is 81.2 Å². The number of aryl methyl sites for hydroxylation is 1. The van der Waals surface area contributed by atoms with Crippen LogP contribution in [0.4, 0.5) is 0 Å². The molecule has 0 radical (unpaired) electrons. The third kappa shape index (κ3) is 2.64. The van der Waals surface area contributed by atoms with E-state index in [0.29, 0.717) is 28.2 Å². The summed E-state index contributed by atoms with van der Waals surface area (Å²) in [7, 11) is 1.68. The van der Waals surface area contributed by atoms with Crippen LogP contribution in [0.3, 0.4) is 0 Å². The van der Waals surface area contributed by atoms with Gasteiger partial charge in [-0.3, -0.25) is 9.59 Å². The molecule has 7 heteroatoms. The summed E-state index contributed by atoms with van der Waals surface area (Å²) < 4.78 is 3.11. The van der Waals surface area contributed by atoms with Gasteiger partial charge < -0.3 is 9.88 Å². The predicted octanol–water partition coefficient (Wildman–Crippen LogP) is 2.77. The molecule has 0 aliphatic carbocycles. The van der Waals surface area contributed by atoms with Crippen LogP contribution in [0, 0.1) is 0 Å². The van der Waals surface area contributed by atoms with Crippen molar-refractivity contribution in [3.8, 4) is 0 Å². The van der Waals surface area contributed by atoms with E-state index >= 15 is 0 Å². The number of carbonyl (C=O) groups is 1. The first-order valence-electron chi connectivity index (χ1n) is 8.04. The van der Waals surface area contributed by atoms with E-state index in [4.69, 9.17) is 11.6 Å². The third-order valence-electron chi connectivity index (χ3n) is 4.39. The Labute approximate surface area is 153 Å². The largest absolute Gasteiger partial charge is 0.348 e. The van der Waals surface area contributed by atoms with Gasteiger partial charge in [0, 0.05) is 24.2 Å². The van der Waals surface area contributed by atoms with Crippen molar-refractivity contribution in [2.24, 2.45) is 7.05 Å². The highest BCUT2D eigenvalue weighted by atomic mass is 35.5. The number of aromatic nitrogens is 3. The fraction of sp³-hybridized carbons (Fsp3) is 0.105. The molecule has 1 amide bonds. The van der Waals surface area contributed by atoms with Crippen molar-refractivity contribution in [2.45, 2.75) is 6.54 Å². The number of carbonyl (C=O) groups excluding carboxylic acids is 1. The second kappa shape index (κ2) is 6.31. The smallest absolute Gasteiger partial charge is 0.276 e. The molecule has 0 bridgehead atoms. The molecule has 4 aromatic rings. The summed E-state index contributed by atoms with van der Waals surface area (Å²) in [6, 6.07) is 14.2.